The summed E-state index contributed by atoms with van der Waals surface area (Å²) in [5.41, 5.74) is 0. The summed E-state index contributed by atoms with van der Waals surface area (Å²) in [5.74, 6) is -0.934. The van der Waals surface area contributed by atoms with Gasteiger partial charge in [0.2, 0.25) is 0 Å². The number of rotatable bonds is 20. The van der Waals surface area contributed by atoms with Crippen LogP contribution in [-0.4, -0.2) is 89.0 Å². The maximum absolute atomic E-state index is 13.8. The number of benzene rings is 4. The van der Waals surface area contributed by atoms with E-state index in [1.807, 2.05) is 98.5 Å². The summed E-state index contributed by atoms with van der Waals surface area (Å²) in [5, 5.41) is 21.8. The first-order valence-electron chi connectivity index (χ1n) is 18.9. The Morgan fingerprint density at radius 1 is 0.786 bits per heavy atom. The van der Waals surface area contributed by atoms with Crippen LogP contribution in [0.15, 0.2) is 111 Å². The molecule has 0 saturated heterocycles. The number of carbonyl (C=O) groups is 2. The lowest BCUT2D eigenvalue weighted by molar-refractivity contribution is -0.160. The molecular weight excluding hydrogens is 775 g/mol. The summed E-state index contributed by atoms with van der Waals surface area (Å²) in [4.78, 5) is 33.6. The van der Waals surface area contributed by atoms with E-state index in [4.69, 9.17) is 25.8 Å². The number of carboxylic acids is 2. The minimum atomic E-state index is -1.37. The fourth-order valence-electron chi connectivity index (χ4n) is 7.13. The molecule has 1 fully saturated rings. The number of carboxylic acid groups (broad SMARTS) is 2. The Labute approximate surface area is 342 Å². The molecule has 0 bridgehead atoms. The van der Waals surface area contributed by atoms with Crippen molar-refractivity contribution in [1.82, 2.24) is 9.80 Å². The van der Waals surface area contributed by atoms with Gasteiger partial charge in [0, 0.05) is 28.9 Å². The van der Waals surface area contributed by atoms with Crippen molar-refractivity contribution in [2.45, 2.75) is 103 Å². The monoisotopic (exact) mass is 824 g/mol. The van der Waals surface area contributed by atoms with Gasteiger partial charge in [0.1, 0.15) is 47.4 Å². The van der Waals surface area contributed by atoms with Gasteiger partial charge < -0.3 is 24.4 Å². The zero-order chi connectivity index (χ0) is 40.2. The Kier molecular flexibility index (Phi) is 16.2. The highest BCUT2D eigenvalue weighted by Crippen LogP contribution is 2.38. The normalized spacial score (nSPS) is 15.6. The van der Waals surface area contributed by atoms with Crippen LogP contribution in [0.4, 0.5) is 4.39 Å². The lowest BCUT2D eigenvalue weighted by Gasteiger charge is -2.44. The van der Waals surface area contributed by atoms with Crippen molar-refractivity contribution < 1.29 is 38.4 Å². The van der Waals surface area contributed by atoms with Crippen molar-refractivity contribution in [1.29, 1.82) is 0 Å². The molecule has 4 atom stereocenters. The van der Waals surface area contributed by atoms with Crippen LogP contribution in [0.25, 0.3) is 0 Å². The Balaban J connectivity index is 1.35. The third-order valence-electron chi connectivity index (χ3n) is 9.73. The van der Waals surface area contributed by atoms with Gasteiger partial charge in [-0.05, 0) is 100.0 Å². The fourth-order valence-corrected chi connectivity index (χ4v) is 9.19. The van der Waals surface area contributed by atoms with Gasteiger partial charge in [-0.2, -0.15) is 0 Å². The van der Waals surface area contributed by atoms with E-state index < -0.39 is 42.0 Å². The Hall–Kier alpha value is -3.94. The highest BCUT2D eigenvalue weighted by atomic mass is 35.5. The van der Waals surface area contributed by atoms with Gasteiger partial charge in [-0.15, -0.1) is 0 Å². The maximum atomic E-state index is 13.8. The van der Waals surface area contributed by atoms with Crippen LogP contribution in [0.3, 0.4) is 0 Å². The second-order valence-corrected chi connectivity index (χ2v) is 16.5. The van der Waals surface area contributed by atoms with Gasteiger partial charge in [-0.25, -0.2) is 4.39 Å². The van der Waals surface area contributed by atoms with Crippen LogP contribution in [0.5, 0.6) is 17.2 Å². The molecule has 0 aliphatic heterocycles. The molecule has 56 heavy (non-hydrogen) atoms. The summed E-state index contributed by atoms with van der Waals surface area (Å²) in [6, 6.07) is 24.5. The van der Waals surface area contributed by atoms with Crippen LogP contribution < -0.4 is 14.2 Å². The zero-order valence-corrected chi connectivity index (χ0v) is 34.5. The Morgan fingerprint density at radius 2 is 1.32 bits per heavy atom. The first-order valence-corrected chi connectivity index (χ1v) is 20.9. The Morgan fingerprint density at radius 3 is 1.86 bits per heavy atom. The zero-order valence-electron chi connectivity index (χ0n) is 32.1. The number of hydrogen-bond acceptors (Lipinski definition) is 9. The summed E-state index contributed by atoms with van der Waals surface area (Å²) in [7, 11) is 1.63. The Bertz CT molecular complexity index is 1900. The van der Waals surface area contributed by atoms with Crippen molar-refractivity contribution in [3.05, 3.63) is 102 Å². The molecule has 1 aliphatic carbocycles. The molecule has 1 aliphatic rings. The maximum Gasteiger partial charge on any atom is 0.323 e. The molecule has 0 radical (unpaired) electrons. The summed E-state index contributed by atoms with van der Waals surface area (Å²) >= 11 is 8.95. The molecule has 9 nitrogen and oxygen atoms in total. The van der Waals surface area contributed by atoms with E-state index in [1.165, 1.54) is 17.8 Å². The van der Waals surface area contributed by atoms with Crippen LogP contribution in [0, 0.1) is 5.82 Å². The molecule has 2 N–H and O–H groups in total. The number of nitrogens with zero attached hydrogens (tertiary/aromatic N) is 2. The minimum absolute atomic E-state index is 0.0184. The first kappa shape index (κ1) is 43.2. The number of methoxy groups -OCH3 is 1. The number of para-hydroxylation sites is 2. The quantitative estimate of drug-likeness (QED) is 0.0889. The van der Waals surface area contributed by atoms with E-state index in [9.17, 15) is 24.2 Å². The van der Waals surface area contributed by atoms with Gasteiger partial charge in [0.05, 0.1) is 21.9 Å². The van der Waals surface area contributed by atoms with E-state index in [0.29, 0.717) is 11.5 Å². The van der Waals surface area contributed by atoms with E-state index in [1.54, 1.807) is 35.9 Å². The van der Waals surface area contributed by atoms with Crippen LogP contribution in [-0.2, 0) is 9.59 Å². The lowest BCUT2D eigenvalue weighted by atomic mass is 9.91. The molecule has 1 saturated carbocycles. The number of ether oxygens (including phenoxy) is 3. The van der Waals surface area contributed by atoms with Gasteiger partial charge in [-0.1, -0.05) is 85.6 Å². The van der Waals surface area contributed by atoms with Crippen molar-refractivity contribution in [3.8, 4) is 17.2 Å². The average Bonchev–Trinajstić information content (AvgIpc) is 3.18. The molecule has 4 unspecified atom stereocenters. The smallest absolute Gasteiger partial charge is 0.323 e. The second kappa shape index (κ2) is 21.0. The molecule has 13 heteroatoms. The van der Waals surface area contributed by atoms with Gasteiger partial charge in [-0.3, -0.25) is 19.4 Å². The number of likely N-dealkylation sites (N-methyl/N-ethyl adjacent to an activating group) is 1. The number of aliphatic carboxylic acids is 2. The molecule has 0 spiro atoms. The van der Waals surface area contributed by atoms with E-state index in [0.717, 1.165) is 57.4 Å². The number of halogens is 2. The van der Waals surface area contributed by atoms with Crippen molar-refractivity contribution in [3.63, 3.8) is 0 Å². The van der Waals surface area contributed by atoms with Crippen LogP contribution in [0.1, 0.15) is 52.9 Å². The van der Waals surface area contributed by atoms with Crippen molar-refractivity contribution in [2.24, 2.45) is 0 Å². The predicted octanol–water partition coefficient (Wildman–Crippen LogP) is 9.89. The molecule has 0 amide bonds. The third-order valence-corrected chi connectivity index (χ3v) is 12.1. The van der Waals surface area contributed by atoms with E-state index >= 15 is 0 Å². The standard InChI is InChI=1S/C43H50ClFN2O7S2/c1-5-46(26-28(2)53-37-16-10-12-18-39(37)56-33-23-24-35(45)34(44)25-33)40(42(48)49)41(43(50)51)47(30-13-7-6-8-14-30)27-29(3)54-36-15-9-11-17-38(36)55-32-21-19-31(52-4)20-22-32/h9-12,15-25,28-30,40-41H,5-8,13-14,26-27H2,1-4H3,(H,48,49)(H,50,51). The van der Waals surface area contributed by atoms with Crippen molar-refractivity contribution in [2.75, 3.05) is 26.7 Å². The second-order valence-electron chi connectivity index (χ2n) is 13.8. The number of hydrogen-bond donors (Lipinski definition) is 2. The van der Waals surface area contributed by atoms with Gasteiger partial charge in [0.15, 0.2) is 0 Å². The third kappa shape index (κ3) is 11.8. The summed E-state index contributed by atoms with van der Waals surface area (Å²) in [6.45, 7) is 6.22. The molecule has 4 aromatic carbocycles. The average molecular weight is 825 g/mol. The largest absolute Gasteiger partial charge is 0.497 e. The topological polar surface area (TPSA) is 109 Å². The summed E-state index contributed by atoms with van der Waals surface area (Å²) < 4.78 is 32.1. The van der Waals surface area contributed by atoms with E-state index in [-0.39, 0.29) is 30.7 Å². The predicted molar refractivity (Wildman–Crippen MR) is 219 cm³/mol. The highest BCUT2D eigenvalue weighted by Gasteiger charge is 2.45. The van der Waals surface area contributed by atoms with Crippen LogP contribution in [0.2, 0.25) is 5.02 Å². The summed E-state index contributed by atoms with van der Waals surface area (Å²) in [6.07, 6.45) is 3.48. The first-order chi connectivity index (χ1) is 27.0. The van der Waals surface area contributed by atoms with Crippen LogP contribution >= 0.6 is 35.1 Å². The molecule has 0 aromatic heterocycles. The molecule has 0 heterocycles. The SMILES string of the molecule is CCN(CC(C)Oc1ccccc1Sc1ccc(F)c(Cl)c1)C(C(=O)O)C(C(=O)O)N(CC(C)Oc1ccccc1Sc1ccc(OC)cc1)C1CCCCC1. The molecule has 5 rings (SSSR count). The molecule has 300 valence electrons. The van der Waals surface area contributed by atoms with Gasteiger partial charge >= 0.3 is 11.9 Å². The minimum Gasteiger partial charge on any atom is -0.497 e. The van der Waals surface area contributed by atoms with Gasteiger partial charge in [0.25, 0.3) is 0 Å². The van der Waals surface area contributed by atoms with Crippen molar-refractivity contribution >= 4 is 47.1 Å². The fraction of sp³-hybridized carbons (Fsp3) is 0.395. The molecular formula is C43H50ClFN2O7S2. The lowest BCUT2D eigenvalue weighted by Crippen LogP contribution is -2.63. The highest BCUT2D eigenvalue weighted by molar-refractivity contribution is 7.99. The molecule has 4 aromatic rings. The van der Waals surface area contributed by atoms with E-state index in [2.05, 4.69) is 0 Å².